The molecule has 0 atom stereocenters. The van der Waals surface area contributed by atoms with Crippen molar-refractivity contribution in [2.24, 2.45) is 5.10 Å². The zero-order valence-electron chi connectivity index (χ0n) is 17.5. The number of carbonyl (C=O) groups excluding carboxylic acids is 1. The van der Waals surface area contributed by atoms with Gasteiger partial charge in [-0.1, -0.05) is 53.7 Å². The Labute approximate surface area is 180 Å². The maximum Gasteiger partial charge on any atom is 0.250 e. The number of hydrogen-bond acceptors (Lipinski definition) is 6. The molecule has 0 unspecified atom stereocenters. The molecular formula is C22H25N5O2S. The Kier molecular flexibility index (Phi) is 7.24. The summed E-state index contributed by atoms with van der Waals surface area (Å²) in [6, 6.07) is 15.7. The molecule has 0 radical (unpaired) electrons. The van der Waals surface area contributed by atoms with E-state index in [2.05, 4.69) is 20.7 Å². The van der Waals surface area contributed by atoms with Crippen LogP contribution in [-0.2, 0) is 11.3 Å². The predicted molar refractivity (Wildman–Crippen MR) is 120 cm³/mol. The number of methoxy groups -OCH3 is 1. The van der Waals surface area contributed by atoms with Crippen molar-refractivity contribution in [3.63, 3.8) is 0 Å². The molecule has 0 spiro atoms. The molecule has 0 fully saturated rings. The van der Waals surface area contributed by atoms with Gasteiger partial charge in [0.05, 0.1) is 18.6 Å². The number of amides is 1. The van der Waals surface area contributed by atoms with Crippen LogP contribution in [0.3, 0.4) is 0 Å². The molecule has 1 amide bonds. The highest BCUT2D eigenvalue weighted by Crippen LogP contribution is 2.24. The third-order valence-electron chi connectivity index (χ3n) is 4.51. The number of benzene rings is 2. The Bertz CT molecular complexity index is 1040. The number of nitrogens with one attached hydrogen (secondary N) is 1. The molecule has 0 bridgehead atoms. The number of aromatic nitrogens is 3. The quantitative estimate of drug-likeness (QED) is 0.337. The van der Waals surface area contributed by atoms with Gasteiger partial charge in [0.15, 0.2) is 11.0 Å². The summed E-state index contributed by atoms with van der Waals surface area (Å²) in [5.74, 6) is 1.53. The molecule has 30 heavy (non-hydrogen) atoms. The fourth-order valence-electron chi connectivity index (χ4n) is 2.82. The second-order valence-corrected chi connectivity index (χ2v) is 7.61. The molecule has 2 aromatic carbocycles. The molecule has 0 saturated heterocycles. The Morgan fingerprint density at radius 1 is 1.20 bits per heavy atom. The maximum absolute atomic E-state index is 12.3. The Morgan fingerprint density at radius 3 is 2.67 bits per heavy atom. The SMILES string of the molecule is CCn1c(SCC(=O)NN=C(C)c2cccc(OC)c2)nnc1-c1ccc(C)cc1. The highest BCUT2D eigenvalue weighted by Gasteiger charge is 2.14. The van der Waals surface area contributed by atoms with Crippen molar-refractivity contribution in [3.05, 3.63) is 59.7 Å². The van der Waals surface area contributed by atoms with Crippen LogP contribution in [0.1, 0.15) is 25.0 Å². The second kappa shape index (κ2) is 10.1. The minimum atomic E-state index is -0.204. The summed E-state index contributed by atoms with van der Waals surface area (Å²) in [6.07, 6.45) is 0. The van der Waals surface area contributed by atoms with Crippen LogP contribution in [0.5, 0.6) is 5.75 Å². The van der Waals surface area contributed by atoms with Crippen LogP contribution < -0.4 is 10.2 Å². The number of aryl methyl sites for hydroxylation is 1. The van der Waals surface area contributed by atoms with Crippen molar-refractivity contribution in [1.29, 1.82) is 0 Å². The summed E-state index contributed by atoms with van der Waals surface area (Å²) in [4.78, 5) is 12.3. The van der Waals surface area contributed by atoms with Crippen molar-refractivity contribution in [3.8, 4) is 17.1 Å². The molecule has 3 rings (SSSR count). The van der Waals surface area contributed by atoms with E-state index < -0.39 is 0 Å². The summed E-state index contributed by atoms with van der Waals surface area (Å²) in [6.45, 7) is 6.64. The van der Waals surface area contributed by atoms with E-state index in [0.29, 0.717) is 17.4 Å². The largest absolute Gasteiger partial charge is 0.497 e. The molecule has 1 heterocycles. The third kappa shape index (κ3) is 5.27. The number of rotatable bonds is 8. The lowest BCUT2D eigenvalue weighted by molar-refractivity contribution is -0.118. The van der Waals surface area contributed by atoms with Crippen LogP contribution in [0.2, 0.25) is 0 Å². The fourth-order valence-corrected chi connectivity index (χ4v) is 3.61. The van der Waals surface area contributed by atoms with Gasteiger partial charge in [0.1, 0.15) is 5.75 Å². The first-order valence-corrected chi connectivity index (χ1v) is 10.6. The van der Waals surface area contributed by atoms with Crippen LogP contribution in [0.4, 0.5) is 0 Å². The monoisotopic (exact) mass is 423 g/mol. The van der Waals surface area contributed by atoms with Gasteiger partial charge in [-0.15, -0.1) is 10.2 Å². The molecule has 0 aliphatic carbocycles. The normalized spacial score (nSPS) is 11.4. The van der Waals surface area contributed by atoms with Crippen molar-refractivity contribution in [2.75, 3.05) is 12.9 Å². The highest BCUT2D eigenvalue weighted by molar-refractivity contribution is 7.99. The first kappa shape index (κ1) is 21.6. The summed E-state index contributed by atoms with van der Waals surface area (Å²) in [5, 5.41) is 13.5. The number of ether oxygens (including phenoxy) is 1. The fraction of sp³-hybridized carbons (Fsp3) is 0.273. The van der Waals surface area contributed by atoms with Gasteiger partial charge in [-0.3, -0.25) is 4.79 Å². The molecule has 7 nitrogen and oxygen atoms in total. The van der Waals surface area contributed by atoms with E-state index in [-0.39, 0.29) is 11.7 Å². The van der Waals surface area contributed by atoms with Gasteiger partial charge in [-0.05, 0) is 32.9 Å². The van der Waals surface area contributed by atoms with E-state index in [4.69, 9.17) is 4.74 Å². The number of carbonyl (C=O) groups is 1. The zero-order chi connectivity index (χ0) is 21.5. The van der Waals surface area contributed by atoms with Gasteiger partial charge in [-0.25, -0.2) is 5.43 Å². The summed E-state index contributed by atoms with van der Waals surface area (Å²) in [7, 11) is 1.61. The van der Waals surface area contributed by atoms with E-state index in [1.54, 1.807) is 7.11 Å². The van der Waals surface area contributed by atoms with Crippen LogP contribution >= 0.6 is 11.8 Å². The molecule has 0 aliphatic rings. The first-order chi connectivity index (χ1) is 14.5. The maximum atomic E-state index is 12.3. The predicted octanol–water partition coefficient (Wildman–Crippen LogP) is 3.91. The minimum absolute atomic E-state index is 0.195. The van der Waals surface area contributed by atoms with Crippen LogP contribution in [0, 0.1) is 6.92 Å². The van der Waals surface area contributed by atoms with Gasteiger partial charge in [0.25, 0.3) is 5.91 Å². The lowest BCUT2D eigenvalue weighted by atomic mass is 10.1. The lowest BCUT2D eigenvalue weighted by Crippen LogP contribution is -2.21. The van der Waals surface area contributed by atoms with E-state index in [9.17, 15) is 4.79 Å². The zero-order valence-corrected chi connectivity index (χ0v) is 18.4. The van der Waals surface area contributed by atoms with Crippen molar-refractivity contribution in [1.82, 2.24) is 20.2 Å². The summed E-state index contributed by atoms with van der Waals surface area (Å²) in [5.41, 5.74) is 6.38. The molecule has 0 aliphatic heterocycles. The van der Waals surface area contributed by atoms with Gasteiger partial charge in [0.2, 0.25) is 0 Å². The van der Waals surface area contributed by atoms with E-state index in [1.807, 2.05) is 73.9 Å². The van der Waals surface area contributed by atoms with Crippen LogP contribution in [-0.4, -0.2) is 39.2 Å². The standard InChI is InChI=1S/C22H25N5O2S/c1-5-27-21(17-11-9-15(2)10-12-17)25-26-22(27)30-14-20(28)24-23-16(3)18-7-6-8-19(13-18)29-4/h6-13H,5,14H2,1-4H3,(H,24,28). The number of thioether (sulfide) groups is 1. The van der Waals surface area contributed by atoms with Gasteiger partial charge in [-0.2, -0.15) is 5.10 Å². The summed E-state index contributed by atoms with van der Waals surface area (Å²) >= 11 is 1.34. The Balaban J connectivity index is 1.62. The van der Waals surface area contributed by atoms with Crippen molar-refractivity contribution < 1.29 is 9.53 Å². The summed E-state index contributed by atoms with van der Waals surface area (Å²) < 4.78 is 7.23. The van der Waals surface area contributed by atoms with Gasteiger partial charge in [0, 0.05) is 17.7 Å². The number of nitrogens with zero attached hydrogens (tertiary/aromatic N) is 4. The average Bonchev–Trinajstić information content (AvgIpc) is 3.19. The number of hydrazone groups is 1. The molecular weight excluding hydrogens is 398 g/mol. The van der Waals surface area contributed by atoms with Crippen molar-refractivity contribution in [2.45, 2.75) is 32.5 Å². The van der Waals surface area contributed by atoms with Crippen LogP contribution in [0.25, 0.3) is 11.4 Å². The molecule has 8 heteroatoms. The van der Waals surface area contributed by atoms with Crippen LogP contribution in [0.15, 0.2) is 58.8 Å². The van der Waals surface area contributed by atoms with E-state index in [1.165, 1.54) is 17.3 Å². The second-order valence-electron chi connectivity index (χ2n) is 6.67. The highest BCUT2D eigenvalue weighted by atomic mass is 32.2. The molecule has 1 aromatic heterocycles. The third-order valence-corrected chi connectivity index (χ3v) is 5.48. The lowest BCUT2D eigenvalue weighted by Gasteiger charge is -2.07. The van der Waals surface area contributed by atoms with E-state index in [0.717, 1.165) is 22.7 Å². The first-order valence-electron chi connectivity index (χ1n) is 9.62. The van der Waals surface area contributed by atoms with Gasteiger partial charge >= 0.3 is 0 Å². The Morgan fingerprint density at radius 2 is 1.97 bits per heavy atom. The smallest absolute Gasteiger partial charge is 0.250 e. The topological polar surface area (TPSA) is 81.4 Å². The molecule has 3 aromatic rings. The molecule has 1 N–H and O–H groups in total. The number of hydrogen-bond donors (Lipinski definition) is 1. The van der Waals surface area contributed by atoms with Gasteiger partial charge < -0.3 is 9.30 Å². The van der Waals surface area contributed by atoms with E-state index >= 15 is 0 Å². The minimum Gasteiger partial charge on any atom is -0.497 e. The van der Waals surface area contributed by atoms with Crippen molar-refractivity contribution >= 4 is 23.4 Å². The Hall–Kier alpha value is -3.13. The molecule has 0 saturated carbocycles. The average molecular weight is 424 g/mol. The molecule has 156 valence electrons.